The van der Waals surface area contributed by atoms with Gasteiger partial charge >= 0.3 is 0 Å². The van der Waals surface area contributed by atoms with Gasteiger partial charge < -0.3 is 5.32 Å². The van der Waals surface area contributed by atoms with Crippen LogP contribution in [0.15, 0.2) is 11.6 Å². The normalized spacial score (nSPS) is 18.6. The Kier molecular flexibility index (Phi) is 5.46. The molecule has 2 nitrogen and oxygen atoms in total. The van der Waals surface area contributed by atoms with Crippen LogP contribution in [0, 0.1) is 5.92 Å². The summed E-state index contributed by atoms with van der Waals surface area (Å²) in [6, 6.07) is 0.631. The van der Waals surface area contributed by atoms with Gasteiger partial charge in [-0.2, -0.15) is 0 Å². The van der Waals surface area contributed by atoms with E-state index in [1.54, 1.807) is 11.3 Å². The second-order valence-electron chi connectivity index (χ2n) is 5.11. The highest BCUT2D eigenvalue weighted by Gasteiger charge is 2.17. The molecule has 2 rings (SSSR count). The predicted octanol–water partition coefficient (Wildman–Crippen LogP) is 3.63. The lowest BCUT2D eigenvalue weighted by molar-refractivity contribution is 0.407. The molecule has 1 aromatic heterocycles. The van der Waals surface area contributed by atoms with E-state index in [1.807, 2.05) is 6.20 Å². The number of nitrogens with one attached hydrogen (secondary N) is 1. The van der Waals surface area contributed by atoms with E-state index in [9.17, 15) is 0 Å². The van der Waals surface area contributed by atoms with Crippen molar-refractivity contribution in [1.82, 2.24) is 10.3 Å². The summed E-state index contributed by atoms with van der Waals surface area (Å²) in [6.07, 6.45) is 11.6. The molecule has 17 heavy (non-hydrogen) atoms. The van der Waals surface area contributed by atoms with Crippen molar-refractivity contribution in [3.05, 3.63) is 16.6 Å². The molecule has 0 radical (unpaired) electrons. The van der Waals surface area contributed by atoms with Crippen molar-refractivity contribution >= 4 is 11.3 Å². The average Bonchev–Trinajstić information content (AvgIpc) is 2.99. The van der Waals surface area contributed by atoms with E-state index in [4.69, 9.17) is 0 Å². The first kappa shape index (κ1) is 13.0. The first-order valence-electron chi connectivity index (χ1n) is 7.00. The van der Waals surface area contributed by atoms with Gasteiger partial charge in [0.1, 0.15) is 0 Å². The molecule has 1 unspecified atom stereocenters. The fourth-order valence-corrected chi connectivity index (χ4v) is 3.56. The molecule has 0 aromatic carbocycles. The number of likely N-dealkylation sites (N-methyl/N-ethyl adjacent to an activating group) is 1. The standard InChI is InChI=1S/C14H24N2S/c1-2-15-13(11-14-16-9-10-17-14)8-7-12-5-3-4-6-12/h9-10,12-13,15H,2-8,11H2,1H3. The van der Waals surface area contributed by atoms with Crippen molar-refractivity contribution in [2.75, 3.05) is 6.54 Å². The molecule has 0 aliphatic heterocycles. The van der Waals surface area contributed by atoms with Crippen LogP contribution >= 0.6 is 11.3 Å². The Hall–Kier alpha value is -0.410. The molecule has 3 heteroatoms. The molecule has 1 N–H and O–H groups in total. The van der Waals surface area contributed by atoms with Crippen LogP contribution in [0.2, 0.25) is 0 Å². The lowest BCUT2D eigenvalue weighted by Crippen LogP contribution is -2.31. The largest absolute Gasteiger partial charge is 0.314 e. The van der Waals surface area contributed by atoms with Gasteiger partial charge in [0.25, 0.3) is 0 Å². The lowest BCUT2D eigenvalue weighted by Gasteiger charge is -2.18. The molecule has 1 saturated carbocycles. The summed E-state index contributed by atoms with van der Waals surface area (Å²) in [6.45, 7) is 3.27. The van der Waals surface area contributed by atoms with Crippen molar-refractivity contribution in [3.63, 3.8) is 0 Å². The summed E-state index contributed by atoms with van der Waals surface area (Å²) in [4.78, 5) is 4.40. The Bertz CT molecular complexity index is 291. The Balaban J connectivity index is 1.75. The fraction of sp³-hybridized carbons (Fsp3) is 0.786. The van der Waals surface area contributed by atoms with Crippen molar-refractivity contribution in [3.8, 4) is 0 Å². The molecule has 1 fully saturated rings. The Morgan fingerprint density at radius 3 is 2.94 bits per heavy atom. The summed E-state index contributed by atoms with van der Waals surface area (Å²) in [7, 11) is 0. The molecule has 1 aliphatic carbocycles. The van der Waals surface area contributed by atoms with Gasteiger partial charge in [-0.05, 0) is 25.3 Å². The van der Waals surface area contributed by atoms with Crippen LogP contribution < -0.4 is 5.32 Å². The summed E-state index contributed by atoms with van der Waals surface area (Å²) < 4.78 is 0. The van der Waals surface area contributed by atoms with Crippen molar-refractivity contribution in [1.29, 1.82) is 0 Å². The number of aromatic nitrogens is 1. The molecular formula is C14H24N2S. The molecule has 96 valence electrons. The van der Waals surface area contributed by atoms with Crippen LogP contribution in [0.5, 0.6) is 0 Å². The summed E-state index contributed by atoms with van der Waals surface area (Å²) in [5.41, 5.74) is 0. The van der Waals surface area contributed by atoms with E-state index in [2.05, 4.69) is 22.6 Å². The van der Waals surface area contributed by atoms with Gasteiger partial charge in [0.15, 0.2) is 0 Å². The van der Waals surface area contributed by atoms with E-state index in [0.717, 1.165) is 18.9 Å². The minimum absolute atomic E-state index is 0.631. The molecule has 0 amide bonds. The van der Waals surface area contributed by atoms with E-state index in [-0.39, 0.29) is 0 Å². The summed E-state index contributed by atoms with van der Waals surface area (Å²) in [5, 5.41) is 6.97. The molecule has 0 saturated heterocycles. The third-order valence-electron chi connectivity index (χ3n) is 3.80. The third-order valence-corrected chi connectivity index (χ3v) is 4.60. The Morgan fingerprint density at radius 1 is 1.47 bits per heavy atom. The summed E-state index contributed by atoms with van der Waals surface area (Å²) in [5.74, 6) is 1.01. The second kappa shape index (κ2) is 7.12. The van der Waals surface area contributed by atoms with Crippen molar-refractivity contribution in [2.45, 2.75) is 57.9 Å². The zero-order valence-corrected chi connectivity index (χ0v) is 11.6. The van der Waals surface area contributed by atoms with Gasteiger partial charge in [-0.1, -0.05) is 32.6 Å². The van der Waals surface area contributed by atoms with Gasteiger partial charge in [0, 0.05) is 24.0 Å². The van der Waals surface area contributed by atoms with Crippen LogP contribution in [0.4, 0.5) is 0 Å². The van der Waals surface area contributed by atoms with Gasteiger partial charge in [0.2, 0.25) is 0 Å². The maximum absolute atomic E-state index is 4.40. The second-order valence-corrected chi connectivity index (χ2v) is 6.09. The van der Waals surface area contributed by atoms with Crippen LogP contribution in [0.1, 0.15) is 50.5 Å². The quantitative estimate of drug-likeness (QED) is 0.801. The SMILES string of the molecule is CCNC(CCC1CCCC1)Cc1nccs1. The van der Waals surface area contributed by atoms with E-state index in [1.165, 1.54) is 43.5 Å². The molecule has 1 aliphatic rings. The molecule has 1 heterocycles. The number of thiazole rings is 1. The fourth-order valence-electron chi connectivity index (χ4n) is 2.87. The lowest BCUT2D eigenvalue weighted by atomic mass is 9.97. The van der Waals surface area contributed by atoms with Gasteiger partial charge in [0.05, 0.1) is 5.01 Å². The minimum Gasteiger partial charge on any atom is -0.314 e. The van der Waals surface area contributed by atoms with Gasteiger partial charge in [-0.15, -0.1) is 11.3 Å². The predicted molar refractivity (Wildman–Crippen MR) is 74.5 cm³/mol. The molecule has 0 bridgehead atoms. The van der Waals surface area contributed by atoms with Crippen LogP contribution in [-0.4, -0.2) is 17.6 Å². The third kappa shape index (κ3) is 4.40. The molecule has 1 atom stereocenters. The van der Waals surface area contributed by atoms with Gasteiger partial charge in [-0.3, -0.25) is 0 Å². The maximum Gasteiger partial charge on any atom is 0.0940 e. The van der Waals surface area contributed by atoms with Gasteiger partial charge in [-0.25, -0.2) is 4.98 Å². The van der Waals surface area contributed by atoms with E-state index >= 15 is 0 Å². The molecular weight excluding hydrogens is 228 g/mol. The minimum atomic E-state index is 0.631. The van der Waals surface area contributed by atoms with Crippen molar-refractivity contribution < 1.29 is 0 Å². The average molecular weight is 252 g/mol. The highest BCUT2D eigenvalue weighted by atomic mass is 32.1. The van der Waals surface area contributed by atoms with E-state index < -0.39 is 0 Å². The highest BCUT2D eigenvalue weighted by Crippen LogP contribution is 2.29. The Morgan fingerprint density at radius 2 is 2.29 bits per heavy atom. The first-order valence-corrected chi connectivity index (χ1v) is 7.88. The van der Waals surface area contributed by atoms with Crippen LogP contribution in [0.25, 0.3) is 0 Å². The van der Waals surface area contributed by atoms with Crippen molar-refractivity contribution in [2.24, 2.45) is 5.92 Å². The zero-order chi connectivity index (χ0) is 11.9. The number of hydrogen-bond acceptors (Lipinski definition) is 3. The smallest absolute Gasteiger partial charge is 0.0940 e. The topological polar surface area (TPSA) is 24.9 Å². The number of nitrogens with zero attached hydrogens (tertiary/aromatic N) is 1. The zero-order valence-electron chi connectivity index (χ0n) is 10.8. The van der Waals surface area contributed by atoms with Crippen LogP contribution in [-0.2, 0) is 6.42 Å². The van der Waals surface area contributed by atoms with E-state index in [0.29, 0.717) is 6.04 Å². The molecule has 0 spiro atoms. The first-order chi connectivity index (χ1) is 8.38. The number of rotatable bonds is 7. The summed E-state index contributed by atoms with van der Waals surface area (Å²) >= 11 is 1.78. The molecule has 1 aromatic rings. The number of hydrogen-bond donors (Lipinski definition) is 1. The maximum atomic E-state index is 4.40. The highest BCUT2D eigenvalue weighted by molar-refractivity contribution is 7.09. The Labute approximate surface area is 109 Å². The van der Waals surface area contributed by atoms with Crippen LogP contribution in [0.3, 0.4) is 0 Å². The monoisotopic (exact) mass is 252 g/mol.